The maximum Gasteiger partial charge on any atom is 0.214 e. The lowest BCUT2D eigenvalue weighted by atomic mass is 10.00. The third kappa shape index (κ3) is 2.91. The fraction of sp³-hybridized carbons (Fsp3) is 0.385. The highest BCUT2D eigenvalue weighted by Gasteiger charge is 2.36. The normalized spacial score (nSPS) is 17.5. The third-order valence-corrected chi connectivity index (χ3v) is 5.90. The Hall–Kier alpha value is -1.11. The second kappa shape index (κ2) is 5.11. The molecule has 0 amide bonds. The molecule has 0 spiro atoms. The van der Waals surface area contributed by atoms with Crippen molar-refractivity contribution in [3.63, 3.8) is 0 Å². The van der Waals surface area contributed by atoms with Crippen LogP contribution >= 0.6 is 11.3 Å². The Morgan fingerprint density at radius 1 is 1.42 bits per heavy atom. The molecule has 1 atom stereocenters. The number of rotatable bonds is 6. The minimum atomic E-state index is -3.15. The van der Waals surface area contributed by atoms with Gasteiger partial charge in [-0.1, -0.05) is 0 Å². The van der Waals surface area contributed by atoms with Gasteiger partial charge in [-0.3, -0.25) is 0 Å². The van der Waals surface area contributed by atoms with Gasteiger partial charge in [0.25, 0.3) is 0 Å². The minimum Gasteiger partial charge on any atom is -0.469 e. The van der Waals surface area contributed by atoms with Gasteiger partial charge in [0.05, 0.1) is 17.4 Å². The van der Waals surface area contributed by atoms with E-state index in [1.165, 1.54) is 0 Å². The van der Waals surface area contributed by atoms with Crippen LogP contribution in [0.15, 0.2) is 39.6 Å². The van der Waals surface area contributed by atoms with Gasteiger partial charge in [0.15, 0.2) is 0 Å². The van der Waals surface area contributed by atoms with E-state index in [-0.39, 0.29) is 11.2 Å². The van der Waals surface area contributed by atoms with Crippen LogP contribution in [0.25, 0.3) is 0 Å². The summed E-state index contributed by atoms with van der Waals surface area (Å²) in [6, 6.07) is 5.71. The van der Waals surface area contributed by atoms with Crippen molar-refractivity contribution in [2.45, 2.75) is 24.0 Å². The van der Waals surface area contributed by atoms with E-state index in [1.54, 1.807) is 17.6 Å². The predicted octanol–water partition coefficient (Wildman–Crippen LogP) is 2.55. The second-order valence-electron chi connectivity index (χ2n) is 4.72. The SMILES string of the molecule is O=S(=O)(NCC(c1ccsc1)c1ccco1)C1CC1. The Morgan fingerprint density at radius 3 is 2.84 bits per heavy atom. The van der Waals surface area contributed by atoms with Crippen LogP contribution in [-0.4, -0.2) is 20.2 Å². The van der Waals surface area contributed by atoms with Crippen molar-refractivity contribution in [2.24, 2.45) is 0 Å². The van der Waals surface area contributed by atoms with Crippen molar-refractivity contribution < 1.29 is 12.8 Å². The van der Waals surface area contributed by atoms with Gasteiger partial charge < -0.3 is 4.42 Å². The van der Waals surface area contributed by atoms with E-state index in [0.29, 0.717) is 6.54 Å². The molecule has 0 bridgehead atoms. The summed E-state index contributed by atoms with van der Waals surface area (Å²) in [5.41, 5.74) is 1.08. The van der Waals surface area contributed by atoms with Crippen LogP contribution in [0.3, 0.4) is 0 Å². The lowest BCUT2D eigenvalue weighted by Gasteiger charge is -2.14. The summed E-state index contributed by atoms with van der Waals surface area (Å²) in [6.45, 7) is 0.350. The molecule has 1 saturated carbocycles. The summed E-state index contributed by atoms with van der Waals surface area (Å²) >= 11 is 1.60. The van der Waals surface area contributed by atoms with Crippen molar-refractivity contribution in [1.82, 2.24) is 4.72 Å². The Balaban J connectivity index is 1.77. The summed E-state index contributed by atoms with van der Waals surface area (Å²) in [5.74, 6) is 0.728. The van der Waals surface area contributed by atoms with Gasteiger partial charge in [0.1, 0.15) is 5.76 Å². The first-order chi connectivity index (χ1) is 9.17. The zero-order valence-corrected chi connectivity index (χ0v) is 11.9. The summed E-state index contributed by atoms with van der Waals surface area (Å²) < 4.78 is 31.9. The Bertz CT molecular complexity index is 579. The third-order valence-electron chi connectivity index (χ3n) is 3.28. The van der Waals surface area contributed by atoms with Gasteiger partial charge in [0.2, 0.25) is 10.0 Å². The average Bonchev–Trinajstić information content (AvgIpc) is 2.91. The molecule has 1 unspecified atom stereocenters. The summed E-state index contributed by atoms with van der Waals surface area (Å²) in [4.78, 5) is 0. The van der Waals surface area contributed by atoms with E-state index in [4.69, 9.17) is 4.42 Å². The molecule has 0 radical (unpaired) electrons. The van der Waals surface area contributed by atoms with Crippen LogP contribution in [0, 0.1) is 0 Å². The van der Waals surface area contributed by atoms with Crippen LogP contribution in [0.1, 0.15) is 30.1 Å². The smallest absolute Gasteiger partial charge is 0.214 e. The molecule has 4 nitrogen and oxygen atoms in total. The lowest BCUT2D eigenvalue weighted by Crippen LogP contribution is -2.31. The van der Waals surface area contributed by atoms with E-state index in [0.717, 1.165) is 24.2 Å². The lowest BCUT2D eigenvalue weighted by molar-refractivity contribution is 0.481. The maximum atomic E-state index is 11.9. The van der Waals surface area contributed by atoms with E-state index in [1.807, 2.05) is 29.0 Å². The van der Waals surface area contributed by atoms with Gasteiger partial charge in [-0.15, -0.1) is 0 Å². The van der Waals surface area contributed by atoms with E-state index >= 15 is 0 Å². The molecule has 3 rings (SSSR count). The number of hydrogen-bond donors (Lipinski definition) is 1. The van der Waals surface area contributed by atoms with Gasteiger partial charge in [0, 0.05) is 6.54 Å². The monoisotopic (exact) mass is 297 g/mol. The number of furan rings is 1. The molecular formula is C13H15NO3S2. The summed E-state index contributed by atoms with van der Waals surface area (Å²) in [5, 5.41) is 3.83. The van der Waals surface area contributed by atoms with Crippen molar-refractivity contribution in [2.75, 3.05) is 6.54 Å². The van der Waals surface area contributed by atoms with E-state index < -0.39 is 10.0 Å². The van der Waals surface area contributed by atoms with Gasteiger partial charge in [-0.25, -0.2) is 13.1 Å². The quantitative estimate of drug-likeness (QED) is 0.891. The highest BCUT2D eigenvalue weighted by molar-refractivity contribution is 7.90. The van der Waals surface area contributed by atoms with Gasteiger partial charge in [-0.2, -0.15) is 11.3 Å². The van der Waals surface area contributed by atoms with E-state index in [2.05, 4.69) is 4.72 Å². The first kappa shape index (κ1) is 12.9. The van der Waals surface area contributed by atoms with Crippen molar-refractivity contribution in [3.05, 3.63) is 46.5 Å². The zero-order chi connectivity index (χ0) is 13.3. The fourth-order valence-corrected chi connectivity index (χ4v) is 4.15. The molecule has 6 heteroatoms. The molecule has 1 aliphatic rings. The Morgan fingerprint density at radius 2 is 2.26 bits per heavy atom. The summed E-state index contributed by atoms with van der Waals surface area (Å²) in [7, 11) is -3.15. The molecule has 2 heterocycles. The largest absolute Gasteiger partial charge is 0.469 e. The molecular weight excluding hydrogens is 282 g/mol. The number of sulfonamides is 1. The molecule has 0 aromatic carbocycles. The van der Waals surface area contributed by atoms with Crippen LogP contribution in [0.2, 0.25) is 0 Å². The molecule has 2 aromatic rings. The highest BCUT2D eigenvalue weighted by atomic mass is 32.2. The first-order valence-electron chi connectivity index (χ1n) is 6.21. The molecule has 1 fully saturated rings. The van der Waals surface area contributed by atoms with Crippen molar-refractivity contribution >= 4 is 21.4 Å². The molecule has 19 heavy (non-hydrogen) atoms. The Labute approximate surface area is 116 Å². The molecule has 2 aromatic heterocycles. The van der Waals surface area contributed by atoms with Crippen LogP contribution < -0.4 is 4.72 Å². The topological polar surface area (TPSA) is 59.3 Å². The fourth-order valence-electron chi connectivity index (χ4n) is 2.04. The number of thiophene rings is 1. The highest BCUT2D eigenvalue weighted by Crippen LogP contribution is 2.30. The van der Waals surface area contributed by atoms with Gasteiger partial charge in [-0.05, 0) is 47.4 Å². The van der Waals surface area contributed by atoms with Crippen LogP contribution in [0.5, 0.6) is 0 Å². The molecule has 1 aliphatic carbocycles. The summed E-state index contributed by atoms with van der Waals surface area (Å²) in [6.07, 6.45) is 3.17. The first-order valence-corrected chi connectivity index (χ1v) is 8.70. The molecule has 0 aliphatic heterocycles. The average molecular weight is 297 g/mol. The number of nitrogens with one attached hydrogen (secondary N) is 1. The Kier molecular flexibility index (Phi) is 3.47. The van der Waals surface area contributed by atoms with E-state index in [9.17, 15) is 8.42 Å². The second-order valence-corrected chi connectivity index (χ2v) is 7.54. The van der Waals surface area contributed by atoms with Crippen LogP contribution in [-0.2, 0) is 10.0 Å². The molecule has 102 valence electrons. The standard InChI is InChI=1S/C13H15NO3S2/c15-19(16,11-3-4-11)14-8-12(10-5-7-18-9-10)13-2-1-6-17-13/h1-2,5-7,9,11-12,14H,3-4,8H2. The number of hydrogen-bond acceptors (Lipinski definition) is 4. The molecule has 0 saturated heterocycles. The van der Waals surface area contributed by atoms with Crippen molar-refractivity contribution in [3.8, 4) is 0 Å². The van der Waals surface area contributed by atoms with Crippen LogP contribution in [0.4, 0.5) is 0 Å². The predicted molar refractivity (Wildman–Crippen MR) is 74.8 cm³/mol. The van der Waals surface area contributed by atoms with Crippen molar-refractivity contribution in [1.29, 1.82) is 0 Å². The zero-order valence-electron chi connectivity index (χ0n) is 10.3. The maximum absolute atomic E-state index is 11.9. The molecule has 1 N–H and O–H groups in total. The minimum absolute atomic E-state index is 0.0604. The van der Waals surface area contributed by atoms with Gasteiger partial charge >= 0.3 is 0 Å².